The number of benzene rings is 2. The smallest absolute Gasteiger partial charge is 0.255 e. The van der Waals surface area contributed by atoms with Crippen molar-refractivity contribution in [1.82, 2.24) is 5.32 Å². The van der Waals surface area contributed by atoms with Crippen LogP contribution in [0.3, 0.4) is 0 Å². The molecule has 0 fully saturated rings. The van der Waals surface area contributed by atoms with E-state index in [0.717, 1.165) is 22.9 Å². The fourth-order valence-electron chi connectivity index (χ4n) is 2.14. The molecule has 0 radical (unpaired) electrons. The third kappa shape index (κ3) is 3.25. The highest BCUT2D eigenvalue weighted by atomic mass is 32.2. The van der Waals surface area contributed by atoms with Crippen molar-refractivity contribution in [2.45, 2.75) is 19.4 Å². The van der Waals surface area contributed by atoms with Gasteiger partial charge < -0.3 is 10.4 Å². The fourth-order valence-corrected chi connectivity index (χ4v) is 2.86. The van der Waals surface area contributed by atoms with Gasteiger partial charge in [-0.05, 0) is 35.6 Å². The first-order valence-corrected chi connectivity index (χ1v) is 8.06. The lowest BCUT2D eigenvalue weighted by molar-refractivity contribution is 0.0937. The van der Waals surface area contributed by atoms with E-state index in [9.17, 15) is 9.90 Å². The molecule has 0 bridgehead atoms. The molecule has 0 aromatic heterocycles. The molecule has 0 saturated carbocycles. The Morgan fingerprint density at radius 2 is 1.95 bits per heavy atom. The van der Waals surface area contributed by atoms with Crippen molar-refractivity contribution in [2.75, 3.05) is 12.0 Å². The lowest BCUT2D eigenvalue weighted by atomic mass is 10.0. The van der Waals surface area contributed by atoms with E-state index < -0.39 is 0 Å². The van der Waals surface area contributed by atoms with E-state index in [1.165, 1.54) is 0 Å². The lowest BCUT2D eigenvalue weighted by Crippen LogP contribution is -2.36. The first kappa shape index (κ1) is 14.7. The third-order valence-electron chi connectivity index (χ3n) is 3.30. The molecular formula is C16H19NO2S. The molecule has 2 aromatic carbocycles. The molecule has 2 aromatic rings. The standard InChI is InChI=1S/C16H19NO2S/c1-3-13(10-20-2)17-16(19)14-8-11-6-4-5-7-12(11)9-15(14)18/h4-9,13,18H,3,10H2,1-2H3,(H,17,19). The summed E-state index contributed by atoms with van der Waals surface area (Å²) in [6.45, 7) is 2.04. The van der Waals surface area contributed by atoms with Crippen LogP contribution in [0.5, 0.6) is 5.75 Å². The van der Waals surface area contributed by atoms with Crippen molar-refractivity contribution in [1.29, 1.82) is 0 Å². The number of phenols is 1. The number of hydrogen-bond donors (Lipinski definition) is 2. The normalized spacial score (nSPS) is 12.3. The average molecular weight is 289 g/mol. The summed E-state index contributed by atoms with van der Waals surface area (Å²) < 4.78 is 0. The van der Waals surface area contributed by atoms with Gasteiger partial charge in [-0.3, -0.25) is 4.79 Å². The maximum Gasteiger partial charge on any atom is 0.255 e. The zero-order chi connectivity index (χ0) is 14.5. The quantitative estimate of drug-likeness (QED) is 0.886. The Balaban J connectivity index is 2.27. The largest absolute Gasteiger partial charge is 0.507 e. The van der Waals surface area contributed by atoms with Gasteiger partial charge in [-0.25, -0.2) is 0 Å². The number of nitrogens with one attached hydrogen (secondary N) is 1. The molecular weight excluding hydrogens is 270 g/mol. The van der Waals surface area contributed by atoms with Crippen LogP contribution in [-0.2, 0) is 0 Å². The van der Waals surface area contributed by atoms with Crippen molar-refractivity contribution in [3.63, 3.8) is 0 Å². The van der Waals surface area contributed by atoms with Gasteiger partial charge in [-0.1, -0.05) is 31.2 Å². The van der Waals surface area contributed by atoms with Crippen molar-refractivity contribution < 1.29 is 9.90 Å². The highest BCUT2D eigenvalue weighted by molar-refractivity contribution is 7.98. The van der Waals surface area contributed by atoms with Crippen LogP contribution in [0.25, 0.3) is 10.8 Å². The number of hydrogen-bond acceptors (Lipinski definition) is 3. The number of phenolic OH excluding ortho intramolecular Hbond substituents is 1. The van der Waals surface area contributed by atoms with E-state index in [2.05, 4.69) is 5.32 Å². The van der Waals surface area contributed by atoms with E-state index >= 15 is 0 Å². The maximum atomic E-state index is 12.3. The molecule has 1 unspecified atom stereocenters. The Hall–Kier alpha value is -1.68. The summed E-state index contributed by atoms with van der Waals surface area (Å²) in [5, 5.41) is 14.9. The Morgan fingerprint density at radius 1 is 1.30 bits per heavy atom. The fraction of sp³-hybridized carbons (Fsp3) is 0.312. The van der Waals surface area contributed by atoms with Gasteiger partial charge in [0.1, 0.15) is 5.75 Å². The highest BCUT2D eigenvalue weighted by Crippen LogP contribution is 2.25. The summed E-state index contributed by atoms with van der Waals surface area (Å²) in [4.78, 5) is 12.3. The van der Waals surface area contributed by atoms with Crippen molar-refractivity contribution in [3.05, 3.63) is 42.0 Å². The second-order valence-corrected chi connectivity index (χ2v) is 5.66. The minimum atomic E-state index is -0.214. The molecule has 0 heterocycles. The van der Waals surface area contributed by atoms with Gasteiger partial charge >= 0.3 is 0 Å². The van der Waals surface area contributed by atoms with Crippen LogP contribution in [0.1, 0.15) is 23.7 Å². The van der Waals surface area contributed by atoms with Gasteiger partial charge in [-0.15, -0.1) is 0 Å². The Labute approximate surface area is 123 Å². The van der Waals surface area contributed by atoms with Gasteiger partial charge in [-0.2, -0.15) is 11.8 Å². The molecule has 2 N–H and O–H groups in total. The van der Waals surface area contributed by atoms with Crippen molar-refractivity contribution >= 4 is 28.4 Å². The molecule has 3 nitrogen and oxygen atoms in total. The second kappa shape index (κ2) is 6.66. The van der Waals surface area contributed by atoms with Crippen LogP contribution in [0, 0.1) is 0 Å². The number of carbonyl (C=O) groups excluding carboxylic acids is 1. The summed E-state index contributed by atoms with van der Waals surface area (Å²) in [5.41, 5.74) is 0.336. The van der Waals surface area contributed by atoms with Crippen LogP contribution in [-0.4, -0.2) is 29.1 Å². The molecule has 0 aliphatic carbocycles. The van der Waals surface area contributed by atoms with Gasteiger partial charge in [0.25, 0.3) is 5.91 Å². The third-order valence-corrected chi connectivity index (χ3v) is 4.04. The van der Waals surface area contributed by atoms with Gasteiger partial charge in [0.2, 0.25) is 0 Å². The minimum absolute atomic E-state index is 0.0280. The molecule has 2 rings (SSSR count). The molecule has 0 aliphatic rings. The average Bonchev–Trinajstić information content (AvgIpc) is 2.45. The molecule has 4 heteroatoms. The Bertz CT molecular complexity index is 612. The molecule has 20 heavy (non-hydrogen) atoms. The van der Waals surface area contributed by atoms with Gasteiger partial charge in [0.05, 0.1) is 5.56 Å². The molecule has 106 valence electrons. The lowest BCUT2D eigenvalue weighted by Gasteiger charge is -2.16. The molecule has 1 amide bonds. The predicted molar refractivity (Wildman–Crippen MR) is 85.5 cm³/mol. The second-order valence-electron chi connectivity index (χ2n) is 4.75. The first-order valence-electron chi connectivity index (χ1n) is 6.67. The van der Waals surface area contributed by atoms with Crippen LogP contribution >= 0.6 is 11.8 Å². The Morgan fingerprint density at radius 3 is 2.55 bits per heavy atom. The van der Waals surface area contributed by atoms with Crippen LogP contribution in [0.15, 0.2) is 36.4 Å². The van der Waals surface area contributed by atoms with Crippen molar-refractivity contribution in [2.24, 2.45) is 0 Å². The highest BCUT2D eigenvalue weighted by Gasteiger charge is 2.15. The SMILES string of the molecule is CCC(CSC)NC(=O)c1cc2ccccc2cc1O. The van der Waals surface area contributed by atoms with E-state index in [-0.39, 0.29) is 17.7 Å². The maximum absolute atomic E-state index is 12.3. The number of thioether (sulfide) groups is 1. The van der Waals surface area contributed by atoms with Gasteiger partial charge in [0.15, 0.2) is 0 Å². The van der Waals surface area contributed by atoms with Crippen LogP contribution in [0.4, 0.5) is 0 Å². The summed E-state index contributed by atoms with van der Waals surface area (Å²) in [6.07, 6.45) is 2.89. The zero-order valence-corrected chi connectivity index (χ0v) is 12.5. The topological polar surface area (TPSA) is 49.3 Å². The number of amides is 1. The zero-order valence-electron chi connectivity index (χ0n) is 11.7. The Kier molecular flexibility index (Phi) is 4.90. The van der Waals surface area contributed by atoms with Crippen molar-refractivity contribution in [3.8, 4) is 5.75 Å². The molecule has 0 aliphatic heterocycles. The van der Waals surface area contributed by atoms with E-state index in [4.69, 9.17) is 0 Å². The predicted octanol–water partition coefficient (Wildman–Crippen LogP) is 3.42. The molecule has 1 atom stereocenters. The van der Waals surface area contributed by atoms with Gasteiger partial charge in [0, 0.05) is 11.8 Å². The first-order chi connectivity index (χ1) is 9.65. The molecule has 0 saturated heterocycles. The number of aromatic hydroxyl groups is 1. The number of carbonyl (C=O) groups is 1. The van der Waals surface area contributed by atoms with E-state index in [1.807, 2.05) is 37.4 Å². The van der Waals surface area contributed by atoms with E-state index in [1.54, 1.807) is 23.9 Å². The summed E-state index contributed by atoms with van der Waals surface area (Å²) >= 11 is 1.70. The number of fused-ring (bicyclic) bond motifs is 1. The number of rotatable bonds is 5. The summed E-state index contributed by atoms with van der Waals surface area (Å²) in [6, 6.07) is 11.2. The monoisotopic (exact) mass is 289 g/mol. The van der Waals surface area contributed by atoms with Crippen LogP contribution < -0.4 is 5.32 Å². The minimum Gasteiger partial charge on any atom is -0.507 e. The summed E-state index contributed by atoms with van der Waals surface area (Å²) in [7, 11) is 0. The van der Waals surface area contributed by atoms with E-state index in [0.29, 0.717) is 5.56 Å². The summed E-state index contributed by atoms with van der Waals surface area (Å²) in [5.74, 6) is 0.686. The van der Waals surface area contributed by atoms with Crippen LogP contribution in [0.2, 0.25) is 0 Å². The molecule has 0 spiro atoms.